The predicted octanol–water partition coefficient (Wildman–Crippen LogP) is 1.30. The largest absolute Gasteiger partial charge is 0.480 e. The second-order valence-electron chi connectivity index (χ2n) is 5.13. The Kier molecular flexibility index (Phi) is 2.24. The number of amides is 1. The molecule has 1 spiro atoms. The highest BCUT2D eigenvalue weighted by Crippen LogP contribution is 2.58. The maximum atomic E-state index is 11.2. The summed E-state index contributed by atoms with van der Waals surface area (Å²) in [6, 6.07) is 0. The lowest BCUT2D eigenvalue weighted by molar-refractivity contribution is -0.159. The number of carboxylic acid groups (broad SMARTS) is 1. The van der Waals surface area contributed by atoms with Crippen molar-refractivity contribution in [2.45, 2.75) is 51.0 Å². The first kappa shape index (κ1) is 10.5. The van der Waals surface area contributed by atoms with Crippen LogP contribution in [0, 0.1) is 5.41 Å². The Labute approximate surface area is 89.0 Å². The molecule has 0 atom stereocenters. The molecule has 0 heterocycles. The van der Waals surface area contributed by atoms with Gasteiger partial charge in [0.05, 0.1) is 0 Å². The zero-order chi connectivity index (χ0) is 11.1. The van der Waals surface area contributed by atoms with Gasteiger partial charge in [-0.15, -0.1) is 0 Å². The Morgan fingerprint density at radius 2 is 1.73 bits per heavy atom. The van der Waals surface area contributed by atoms with Crippen molar-refractivity contribution in [1.82, 2.24) is 5.32 Å². The van der Waals surface area contributed by atoms with Gasteiger partial charge in [0.15, 0.2) is 0 Å². The van der Waals surface area contributed by atoms with E-state index in [-0.39, 0.29) is 11.3 Å². The molecule has 0 aliphatic heterocycles. The molecule has 2 rings (SSSR count). The Hall–Kier alpha value is -1.06. The van der Waals surface area contributed by atoms with Gasteiger partial charge in [-0.3, -0.25) is 4.79 Å². The molecule has 0 bridgehead atoms. The third kappa shape index (κ3) is 1.62. The molecular formula is C11H17NO3. The van der Waals surface area contributed by atoms with Crippen LogP contribution in [0.2, 0.25) is 0 Å². The molecule has 2 aliphatic rings. The van der Waals surface area contributed by atoms with Gasteiger partial charge in [-0.05, 0) is 31.1 Å². The minimum absolute atomic E-state index is 0.223. The summed E-state index contributed by atoms with van der Waals surface area (Å²) in [4.78, 5) is 22.1. The molecule has 0 radical (unpaired) electrons. The van der Waals surface area contributed by atoms with Crippen LogP contribution in [0.1, 0.15) is 45.4 Å². The molecule has 2 saturated carbocycles. The Morgan fingerprint density at radius 3 is 2.13 bits per heavy atom. The fourth-order valence-corrected chi connectivity index (χ4v) is 3.34. The maximum absolute atomic E-state index is 11.2. The number of rotatable bonds is 2. The normalized spacial score (nSPS) is 25.9. The van der Waals surface area contributed by atoms with E-state index in [0.717, 1.165) is 12.8 Å². The second-order valence-corrected chi connectivity index (χ2v) is 5.13. The fraction of sp³-hybridized carbons (Fsp3) is 0.818. The highest BCUT2D eigenvalue weighted by Gasteiger charge is 2.59. The first-order chi connectivity index (χ1) is 6.98. The smallest absolute Gasteiger partial charge is 0.329 e. The van der Waals surface area contributed by atoms with Gasteiger partial charge in [-0.25, -0.2) is 4.79 Å². The zero-order valence-electron chi connectivity index (χ0n) is 9.01. The van der Waals surface area contributed by atoms with Gasteiger partial charge in [0.25, 0.3) is 0 Å². The van der Waals surface area contributed by atoms with E-state index >= 15 is 0 Å². The van der Waals surface area contributed by atoms with Crippen molar-refractivity contribution in [3.8, 4) is 0 Å². The molecule has 4 nitrogen and oxygen atoms in total. The van der Waals surface area contributed by atoms with Crippen LogP contribution in [-0.4, -0.2) is 22.5 Å². The molecule has 84 valence electrons. The van der Waals surface area contributed by atoms with Gasteiger partial charge in [-0.1, -0.05) is 12.8 Å². The number of hydrogen-bond acceptors (Lipinski definition) is 2. The zero-order valence-corrected chi connectivity index (χ0v) is 9.01. The van der Waals surface area contributed by atoms with E-state index in [2.05, 4.69) is 5.32 Å². The fourth-order valence-electron chi connectivity index (χ4n) is 3.34. The molecule has 2 N–H and O–H groups in total. The van der Waals surface area contributed by atoms with E-state index in [1.54, 1.807) is 0 Å². The van der Waals surface area contributed by atoms with Crippen LogP contribution >= 0.6 is 0 Å². The van der Waals surface area contributed by atoms with Crippen LogP contribution in [0.15, 0.2) is 0 Å². The summed E-state index contributed by atoms with van der Waals surface area (Å²) in [5.41, 5.74) is -0.739. The number of hydrogen-bond donors (Lipinski definition) is 2. The monoisotopic (exact) mass is 211 g/mol. The van der Waals surface area contributed by atoms with Crippen molar-refractivity contribution in [1.29, 1.82) is 0 Å². The van der Waals surface area contributed by atoms with Gasteiger partial charge >= 0.3 is 5.97 Å². The number of nitrogens with one attached hydrogen (secondary N) is 1. The van der Waals surface area contributed by atoms with Crippen LogP contribution in [0.5, 0.6) is 0 Å². The Balaban J connectivity index is 2.06. The minimum atomic E-state index is -0.962. The third-order valence-corrected chi connectivity index (χ3v) is 3.84. The first-order valence-electron chi connectivity index (χ1n) is 5.50. The van der Waals surface area contributed by atoms with Crippen molar-refractivity contribution < 1.29 is 14.7 Å². The lowest BCUT2D eigenvalue weighted by Crippen LogP contribution is -2.65. The summed E-state index contributed by atoms with van der Waals surface area (Å²) >= 11 is 0. The van der Waals surface area contributed by atoms with E-state index in [0.29, 0.717) is 12.8 Å². The highest BCUT2D eigenvalue weighted by atomic mass is 16.4. The quantitative estimate of drug-likeness (QED) is 0.723. The average molecular weight is 211 g/mol. The molecule has 0 saturated heterocycles. The summed E-state index contributed by atoms with van der Waals surface area (Å²) in [6.07, 6.45) is 5.90. The SMILES string of the molecule is CC(=O)NC1(C(=O)O)CC2(CCCC2)C1. The van der Waals surface area contributed by atoms with Crippen molar-refractivity contribution in [3.05, 3.63) is 0 Å². The summed E-state index contributed by atoms with van der Waals surface area (Å²) < 4.78 is 0. The molecule has 2 fully saturated rings. The molecule has 0 aromatic heterocycles. The first-order valence-corrected chi connectivity index (χ1v) is 5.50. The number of carboxylic acids is 1. The van der Waals surface area contributed by atoms with Crippen LogP contribution in [-0.2, 0) is 9.59 Å². The third-order valence-electron chi connectivity index (χ3n) is 3.84. The lowest BCUT2D eigenvalue weighted by atomic mass is 9.56. The average Bonchev–Trinajstić information content (AvgIpc) is 2.49. The van der Waals surface area contributed by atoms with E-state index in [9.17, 15) is 9.59 Å². The minimum Gasteiger partial charge on any atom is -0.480 e. The number of aliphatic carboxylic acids is 1. The predicted molar refractivity (Wildman–Crippen MR) is 54.3 cm³/mol. The highest BCUT2D eigenvalue weighted by molar-refractivity contribution is 5.87. The van der Waals surface area contributed by atoms with Gasteiger partial charge in [-0.2, -0.15) is 0 Å². The van der Waals surface area contributed by atoms with E-state index in [1.165, 1.54) is 19.8 Å². The summed E-state index contributed by atoms with van der Waals surface area (Å²) in [5.74, 6) is -1.12. The van der Waals surface area contributed by atoms with Crippen molar-refractivity contribution in [2.75, 3.05) is 0 Å². The number of carbonyl (C=O) groups is 2. The topological polar surface area (TPSA) is 66.4 Å². The molecule has 2 aliphatic carbocycles. The van der Waals surface area contributed by atoms with Crippen molar-refractivity contribution in [2.24, 2.45) is 5.41 Å². The van der Waals surface area contributed by atoms with Crippen molar-refractivity contribution >= 4 is 11.9 Å². The van der Waals surface area contributed by atoms with E-state index in [4.69, 9.17) is 5.11 Å². The number of carbonyl (C=O) groups excluding carboxylic acids is 1. The molecule has 0 unspecified atom stereocenters. The molecule has 1 amide bonds. The maximum Gasteiger partial charge on any atom is 0.329 e. The second kappa shape index (κ2) is 3.22. The van der Waals surface area contributed by atoms with Gasteiger partial charge in [0, 0.05) is 6.92 Å². The van der Waals surface area contributed by atoms with Crippen LogP contribution in [0.25, 0.3) is 0 Å². The molecule has 15 heavy (non-hydrogen) atoms. The standard InChI is InChI=1S/C11H17NO3/c1-8(13)12-11(9(14)15)6-10(7-11)4-2-3-5-10/h2-7H2,1H3,(H,12,13)(H,14,15). The van der Waals surface area contributed by atoms with Crippen LogP contribution in [0.4, 0.5) is 0 Å². The van der Waals surface area contributed by atoms with Gasteiger partial charge in [0.1, 0.15) is 5.54 Å². The summed E-state index contributed by atoms with van der Waals surface area (Å²) in [6.45, 7) is 1.38. The summed E-state index contributed by atoms with van der Waals surface area (Å²) in [5, 5.41) is 11.8. The van der Waals surface area contributed by atoms with Crippen LogP contribution in [0.3, 0.4) is 0 Å². The molecular weight excluding hydrogens is 194 g/mol. The Bertz CT molecular complexity index is 297. The van der Waals surface area contributed by atoms with Gasteiger partial charge in [0.2, 0.25) is 5.91 Å². The van der Waals surface area contributed by atoms with Gasteiger partial charge < -0.3 is 10.4 Å². The molecule has 0 aromatic carbocycles. The van der Waals surface area contributed by atoms with Crippen LogP contribution < -0.4 is 5.32 Å². The van der Waals surface area contributed by atoms with E-state index < -0.39 is 11.5 Å². The van der Waals surface area contributed by atoms with Crippen molar-refractivity contribution in [3.63, 3.8) is 0 Å². The lowest BCUT2D eigenvalue weighted by Gasteiger charge is -2.52. The molecule has 4 heteroatoms. The molecule has 0 aromatic rings. The Morgan fingerprint density at radius 1 is 1.20 bits per heavy atom. The summed E-state index contributed by atoms with van der Waals surface area (Å²) in [7, 11) is 0. The van der Waals surface area contributed by atoms with E-state index in [1.807, 2.05) is 0 Å².